The number of hydrogen-bond donors (Lipinski definition) is 1. The molecule has 1 fully saturated rings. The van der Waals surface area contributed by atoms with Gasteiger partial charge in [0.15, 0.2) is 0 Å². The van der Waals surface area contributed by atoms with Crippen LogP contribution in [0.5, 0.6) is 0 Å². The lowest BCUT2D eigenvalue weighted by molar-refractivity contribution is -0.121. The number of aryl methyl sites for hydroxylation is 3. The summed E-state index contributed by atoms with van der Waals surface area (Å²) in [5.41, 5.74) is 5.50. The van der Waals surface area contributed by atoms with Gasteiger partial charge in [-0.15, -0.1) is 0 Å². The Bertz CT molecular complexity index is 738. The Morgan fingerprint density at radius 1 is 1.24 bits per heavy atom. The summed E-state index contributed by atoms with van der Waals surface area (Å²) >= 11 is 0. The van der Waals surface area contributed by atoms with Crippen molar-refractivity contribution in [2.45, 2.75) is 84.7 Å². The second kappa shape index (κ2) is 8.07. The normalized spacial score (nSPS) is 15.2. The molecule has 1 aromatic heterocycles. The van der Waals surface area contributed by atoms with E-state index >= 15 is 0 Å². The van der Waals surface area contributed by atoms with Crippen LogP contribution in [-0.2, 0) is 24.2 Å². The van der Waals surface area contributed by atoms with Crippen LogP contribution in [0.4, 0.5) is 0 Å². The van der Waals surface area contributed by atoms with Crippen molar-refractivity contribution in [2.75, 3.05) is 0 Å². The molecule has 1 aliphatic rings. The van der Waals surface area contributed by atoms with Crippen molar-refractivity contribution in [3.05, 3.63) is 35.0 Å². The van der Waals surface area contributed by atoms with Crippen LogP contribution in [0.3, 0.4) is 0 Å². The van der Waals surface area contributed by atoms with E-state index in [4.69, 9.17) is 0 Å². The molecule has 0 saturated heterocycles. The second-order valence-electron chi connectivity index (χ2n) is 7.50. The zero-order valence-corrected chi connectivity index (χ0v) is 16.0. The summed E-state index contributed by atoms with van der Waals surface area (Å²) in [4.78, 5) is 12.4. The molecule has 0 aliphatic heterocycles. The zero-order valence-electron chi connectivity index (χ0n) is 16.0. The van der Waals surface area contributed by atoms with Crippen LogP contribution >= 0.6 is 0 Å². The maximum absolute atomic E-state index is 12.4. The number of hydrogen-bond acceptors (Lipinski definition) is 1. The van der Waals surface area contributed by atoms with Crippen LogP contribution < -0.4 is 5.32 Å². The first kappa shape index (κ1) is 18.0. The first-order valence-electron chi connectivity index (χ1n) is 10.0. The van der Waals surface area contributed by atoms with Crippen LogP contribution in [0.15, 0.2) is 18.2 Å². The Balaban J connectivity index is 1.83. The smallest absolute Gasteiger partial charge is 0.222 e. The van der Waals surface area contributed by atoms with E-state index in [0.29, 0.717) is 12.5 Å². The third-order valence-corrected chi connectivity index (χ3v) is 5.57. The number of rotatable bonds is 7. The second-order valence-corrected chi connectivity index (χ2v) is 7.50. The minimum absolute atomic E-state index is 0.210. The summed E-state index contributed by atoms with van der Waals surface area (Å²) in [6, 6.07) is 7.14. The fraction of sp³-hybridized carbons (Fsp3) is 0.591. The van der Waals surface area contributed by atoms with Crippen LogP contribution in [0.1, 0.15) is 69.2 Å². The molecule has 3 rings (SSSR count). The van der Waals surface area contributed by atoms with Crippen molar-refractivity contribution in [1.29, 1.82) is 0 Å². The molecule has 0 spiro atoms. The third kappa shape index (κ3) is 3.91. The monoisotopic (exact) mass is 340 g/mol. The molecular weight excluding hydrogens is 308 g/mol. The van der Waals surface area contributed by atoms with Gasteiger partial charge in [0.25, 0.3) is 0 Å². The Morgan fingerprint density at radius 2 is 2.00 bits per heavy atom. The van der Waals surface area contributed by atoms with Gasteiger partial charge in [0.1, 0.15) is 0 Å². The number of carbonyl (C=O) groups excluding carboxylic acids is 1. The number of nitrogens with zero attached hydrogens (tertiary/aromatic N) is 1. The number of aromatic nitrogens is 1. The van der Waals surface area contributed by atoms with Crippen molar-refractivity contribution >= 4 is 16.8 Å². The van der Waals surface area contributed by atoms with Gasteiger partial charge in [-0.05, 0) is 50.3 Å². The van der Waals surface area contributed by atoms with Crippen molar-refractivity contribution < 1.29 is 4.79 Å². The van der Waals surface area contributed by atoms with Crippen molar-refractivity contribution in [1.82, 2.24) is 9.88 Å². The summed E-state index contributed by atoms with van der Waals surface area (Å²) in [7, 11) is 0. The minimum atomic E-state index is 0.210. The number of benzene rings is 1. The maximum atomic E-state index is 12.4. The van der Waals surface area contributed by atoms with Gasteiger partial charge in [0.05, 0.1) is 0 Å². The molecule has 1 N–H and O–H groups in total. The standard InChI is InChI=1S/C22H32N2O/c1-4-8-20-18(5-2)19-15-16(3)11-12-21(19)24(20)14-13-22(25)23-17-9-6-7-10-17/h11-12,15,17H,4-10,13-14H2,1-3H3,(H,23,25). The fourth-order valence-corrected chi connectivity index (χ4v) is 4.35. The van der Waals surface area contributed by atoms with Crippen LogP contribution in [0.2, 0.25) is 0 Å². The molecule has 1 aromatic carbocycles. The molecule has 2 aromatic rings. The third-order valence-electron chi connectivity index (χ3n) is 5.57. The predicted octanol–water partition coefficient (Wildman–Crippen LogP) is 4.91. The van der Waals surface area contributed by atoms with E-state index in [1.807, 2.05) is 0 Å². The molecule has 3 nitrogen and oxygen atoms in total. The van der Waals surface area contributed by atoms with Gasteiger partial charge in [-0.2, -0.15) is 0 Å². The Hall–Kier alpha value is -1.77. The Labute approximate surface area is 151 Å². The molecule has 0 bridgehead atoms. The van der Waals surface area contributed by atoms with Crippen molar-refractivity contribution in [3.63, 3.8) is 0 Å². The average molecular weight is 341 g/mol. The highest BCUT2D eigenvalue weighted by molar-refractivity contribution is 5.86. The highest BCUT2D eigenvalue weighted by Gasteiger charge is 2.19. The van der Waals surface area contributed by atoms with Gasteiger partial charge < -0.3 is 9.88 Å². The van der Waals surface area contributed by atoms with E-state index in [1.165, 1.54) is 40.6 Å². The average Bonchev–Trinajstić information content (AvgIpc) is 3.19. The van der Waals surface area contributed by atoms with E-state index in [-0.39, 0.29) is 5.91 Å². The van der Waals surface area contributed by atoms with Gasteiger partial charge >= 0.3 is 0 Å². The predicted molar refractivity (Wildman–Crippen MR) is 105 cm³/mol. The lowest BCUT2D eigenvalue weighted by atomic mass is 10.0. The number of amides is 1. The first-order valence-corrected chi connectivity index (χ1v) is 10.0. The molecule has 1 saturated carbocycles. The van der Waals surface area contributed by atoms with Gasteiger partial charge in [-0.3, -0.25) is 4.79 Å². The topological polar surface area (TPSA) is 34.0 Å². The Morgan fingerprint density at radius 3 is 2.68 bits per heavy atom. The highest BCUT2D eigenvalue weighted by Crippen LogP contribution is 2.29. The minimum Gasteiger partial charge on any atom is -0.353 e. The van der Waals surface area contributed by atoms with Crippen molar-refractivity contribution in [3.8, 4) is 0 Å². The fourth-order valence-electron chi connectivity index (χ4n) is 4.35. The number of nitrogens with one attached hydrogen (secondary N) is 1. The summed E-state index contributed by atoms with van der Waals surface area (Å²) < 4.78 is 2.41. The van der Waals surface area contributed by atoms with Crippen LogP contribution in [-0.4, -0.2) is 16.5 Å². The molecule has 136 valence electrons. The Kier molecular flexibility index (Phi) is 5.82. The summed E-state index contributed by atoms with van der Waals surface area (Å²) in [6.07, 6.45) is 8.67. The van der Waals surface area contributed by atoms with Crippen molar-refractivity contribution in [2.24, 2.45) is 0 Å². The van der Waals surface area contributed by atoms with E-state index in [2.05, 4.69) is 48.9 Å². The quantitative estimate of drug-likeness (QED) is 0.763. The van der Waals surface area contributed by atoms with Crippen LogP contribution in [0, 0.1) is 6.92 Å². The molecule has 3 heteroatoms. The SMILES string of the molecule is CCCc1c(CC)c2cc(C)ccc2n1CCC(=O)NC1CCCC1. The summed E-state index contributed by atoms with van der Waals surface area (Å²) in [5, 5.41) is 4.60. The molecule has 0 atom stereocenters. The number of carbonyl (C=O) groups is 1. The molecule has 1 aliphatic carbocycles. The lowest BCUT2D eigenvalue weighted by Gasteiger charge is -2.14. The first-order chi connectivity index (χ1) is 12.1. The maximum Gasteiger partial charge on any atom is 0.222 e. The largest absolute Gasteiger partial charge is 0.353 e. The zero-order chi connectivity index (χ0) is 17.8. The van der Waals surface area contributed by atoms with Gasteiger partial charge in [0, 0.05) is 35.6 Å². The van der Waals surface area contributed by atoms with E-state index in [1.54, 1.807) is 0 Å². The summed E-state index contributed by atoms with van der Waals surface area (Å²) in [6.45, 7) is 7.42. The van der Waals surface area contributed by atoms with E-state index in [9.17, 15) is 4.79 Å². The molecule has 25 heavy (non-hydrogen) atoms. The number of fused-ring (bicyclic) bond motifs is 1. The molecule has 1 amide bonds. The van der Waals surface area contributed by atoms with Gasteiger partial charge in [-0.1, -0.05) is 44.7 Å². The molecule has 0 radical (unpaired) electrons. The summed E-state index contributed by atoms with van der Waals surface area (Å²) in [5.74, 6) is 0.210. The van der Waals surface area contributed by atoms with E-state index in [0.717, 1.165) is 38.6 Å². The molecular formula is C22H32N2O. The van der Waals surface area contributed by atoms with Gasteiger partial charge in [-0.25, -0.2) is 0 Å². The molecule has 0 unspecified atom stereocenters. The van der Waals surface area contributed by atoms with Gasteiger partial charge in [0.2, 0.25) is 5.91 Å². The molecule has 1 heterocycles. The highest BCUT2D eigenvalue weighted by atomic mass is 16.1. The van der Waals surface area contributed by atoms with E-state index < -0.39 is 0 Å². The van der Waals surface area contributed by atoms with Crippen LogP contribution in [0.25, 0.3) is 10.9 Å². The lowest BCUT2D eigenvalue weighted by Crippen LogP contribution is -2.33.